The van der Waals surface area contributed by atoms with Gasteiger partial charge in [0, 0.05) is 29.2 Å². The molecule has 2 aromatic carbocycles. The second-order valence-corrected chi connectivity index (χ2v) is 8.92. The van der Waals surface area contributed by atoms with Crippen LogP contribution in [0.2, 0.25) is 5.02 Å². The van der Waals surface area contributed by atoms with E-state index in [-0.39, 0.29) is 24.8 Å². The number of urea groups is 1. The number of carbonyl (C=O) groups is 4. The van der Waals surface area contributed by atoms with Crippen molar-refractivity contribution in [3.8, 4) is 0 Å². The summed E-state index contributed by atoms with van der Waals surface area (Å²) in [6.45, 7) is 3.99. The molecule has 2 heterocycles. The minimum Gasteiger partial charge on any atom is -0.329 e. The summed E-state index contributed by atoms with van der Waals surface area (Å²) in [5.41, 5.74) is 1.93. The highest BCUT2D eigenvalue weighted by atomic mass is 35.5. The normalized spacial score (nSPS) is 18.3. The molecular weight excluding hydrogens is 432 g/mol. The van der Waals surface area contributed by atoms with Crippen LogP contribution in [0.4, 0.5) is 10.5 Å². The number of halogens is 1. The zero-order valence-electron chi connectivity index (χ0n) is 17.7. The molecule has 1 saturated heterocycles. The van der Waals surface area contributed by atoms with Gasteiger partial charge in [-0.15, -0.1) is 0 Å². The Hall–Kier alpha value is -3.39. The fourth-order valence-corrected chi connectivity index (χ4v) is 4.24. The van der Waals surface area contributed by atoms with E-state index in [0.29, 0.717) is 28.3 Å². The summed E-state index contributed by atoms with van der Waals surface area (Å²) in [4.78, 5) is 50.4. The number of nitrogens with one attached hydrogen (secondary N) is 3. The van der Waals surface area contributed by atoms with Crippen molar-refractivity contribution >= 4 is 41.0 Å². The average Bonchev–Trinajstić information content (AvgIpc) is 3.03. The van der Waals surface area contributed by atoms with Crippen molar-refractivity contribution in [1.82, 2.24) is 15.5 Å². The van der Waals surface area contributed by atoms with Gasteiger partial charge in [-0.2, -0.15) is 0 Å². The first-order valence-electron chi connectivity index (χ1n) is 10.3. The van der Waals surface area contributed by atoms with Gasteiger partial charge in [-0.1, -0.05) is 23.7 Å². The summed E-state index contributed by atoms with van der Waals surface area (Å²) in [6.07, 6.45) is 0.502. The molecule has 9 heteroatoms. The molecule has 8 nitrogen and oxygen atoms in total. The summed E-state index contributed by atoms with van der Waals surface area (Å²) >= 11 is 6.07. The van der Waals surface area contributed by atoms with Crippen molar-refractivity contribution in [2.45, 2.75) is 44.8 Å². The van der Waals surface area contributed by atoms with Gasteiger partial charge in [0.2, 0.25) is 11.8 Å². The average molecular weight is 455 g/mol. The third-order valence-corrected chi connectivity index (χ3v) is 5.99. The number of amides is 5. The maximum absolute atomic E-state index is 12.8. The molecule has 4 rings (SSSR count). The lowest BCUT2D eigenvalue weighted by atomic mass is 9.94. The lowest BCUT2D eigenvalue weighted by molar-refractivity contribution is -0.136. The minimum absolute atomic E-state index is 0.200. The van der Waals surface area contributed by atoms with Crippen molar-refractivity contribution in [2.75, 3.05) is 5.32 Å². The Labute approximate surface area is 190 Å². The van der Waals surface area contributed by atoms with Crippen LogP contribution in [0, 0.1) is 0 Å². The molecular formula is C23H23ClN4O4. The van der Waals surface area contributed by atoms with E-state index in [4.69, 9.17) is 11.6 Å². The maximum Gasteiger partial charge on any atom is 0.319 e. The highest BCUT2D eigenvalue weighted by Gasteiger charge is 2.39. The Morgan fingerprint density at radius 2 is 1.94 bits per heavy atom. The molecule has 1 fully saturated rings. The summed E-state index contributed by atoms with van der Waals surface area (Å²) in [7, 11) is 0. The lowest BCUT2D eigenvalue weighted by Crippen LogP contribution is -2.52. The highest BCUT2D eigenvalue weighted by Crippen LogP contribution is 2.30. The van der Waals surface area contributed by atoms with Gasteiger partial charge in [0.1, 0.15) is 6.04 Å². The van der Waals surface area contributed by atoms with Crippen LogP contribution in [0.5, 0.6) is 0 Å². The fraction of sp³-hybridized carbons (Fsp3) is 0.304. The van der Waals surface area contributed by atoms with Crippen molar-refractivity contribution in [1.29, 1.82) is 0 Å². The van der Waals surface area contributed by atoms with E-state index in [9.17, 15) is 19.2 Å². The topological polar surface area (TPSA) is 108 Å². The second-order valence-electron chi connectivity index (χ2n) is 8.49. The SMILES string of the molecule is CC(C)(NC(=O)Nc1ccc2c(c1)CN(C1CCC(=O)NC1=O)C2=O)c1cccc(Cl)c1. The lowest BCUT2D eigenvalue weighted by Gasteiger charge is -2.29. The highest BCUT2D eigenvalue weighted by molar-refractivity contribution is 6.30. The molecule has 2 aliphatic rings. The van der Waals surface area contributed by atoms with Crippen LogP contribution in [0.1, 0.15) is 48.2 Å². The quantitative estimate of drug-likeness (QED) is 0.616. The Kier molecular flexibility index (Phi) is 5.64. The van der Waals surface area contributed by atoms with E-state index in [0.717, 1.165) is 5.56 Å². The molecule has 2 aliphatic heterocycles. The summed E-state index contributed by atoms with van der Waals surface area (Å²) in [6, 6.07) is 11.2. The number of carbonyl (C=O) groups excluding carboxylic acids is 4. The predicted octanol–water partition coefficient (Wildman–Crippen LogP) is 3.16. The number of hydrogen-bond donors (Lipinski definition) is 3. The molecule has 1 unspecified atom stereocenters. The van der Waals surface area contributed by atoms with Gasteiger partial charge in [-0.3, -0.25) is 19.7 Å². The molecule has 0 bridgehead atoms. The van der Waals surface area contributed by atoms with Crippen LogP contribution < -0.4 is 16.0 Å². The van der Waals surface area contributed by atoms with E-state index in [2.05, 4.69) is 16.0 Å². The molecule has 32 heavy (non-hydrogen) atoms. The third kappa shape index (κ3) is 4.31. The van der Waals surface area contributed by atoms with Gasteiger partial charge in [0.15, 0.2) is 0 Å². The molecule has 0 radical (unpaired) electrons. The van der Waals surface area contributed by atoms with Gasteiger partial charge in [-0.05, 0) is 61.7 Å². The zero-order valence-corrected chi connectivity index (χ0v) is 18.5. The van der Waals surface area contributed by atoms with E-state index >= 15 is 0 Å². The first kappa shape index (κ1) is 21.8. The Balaban J connectivity index is 1.44. The zero-order chi connectivity index (χ0) is 23.0. The smallest absolute Gasteiger partial charge is 0.319 e. The van der Waals surface area contributed by atoms with Crippen molar-refractivity contribution in [2.24, 2.45) is 0 Å². The number of nitrogens with zero attached hydrogens (tertiary/aromatic N) is 1. The van der Waals surface area contributed by atoms with Gasteiger partial charge < -0.3 is 15.5 Å². The molecule has 2 aromatic rings. The van der Waals surface area contributed by atoms with Crippen molar-refractivity contribution in [3.63, 3.8) is 0 Å². The number of rotatable bonds is 4. The first-order chi connectivity index (χ1) is 15.1. The molecule has 0 aliphatic carbocycles. The van der Waals surface area contributed by atoms with Crippen LogP contribution >= 0.6 is 11.6 Å². The standard InChI is InChI=1S/C23H23ClN4O4/c1-23(2,14-4-3-5-15(24)11-14)27-22(32)25-16-6-7-17-13(10-16)12-28(21(17)31)18-8-9-19(29)26-20(18)30/h3-7,10-11,18H,8-9,12H2,1-2H3,(H2,25,27,32)(H,26,29,30). The Morgan fingerprint density at radius 3 is 2.66 bits per heavy atom. The van der Waals surface area contributed by atoms with Crippen LogP contribution in [0.25, 0.3) is 0 Å². The monoisotopic (exact) mass is 454 g/mol. The predicted molar refractivity (Wildman–Crippen MR) is 119 cm³/mol. The second kappa shape index (κ2) is 8.27. The van der Waals surface area contributed by atoms with E-state index < -0.39 is 23.5 Å². The van der Waals surface area contributed by atoms with Crippen LogP contribution in [0.3, 0.4) is 0 Å². The number of anilines is 1. The molecule has 0 aromatic heterocycles. The van der Waals surface area contributed by atoms with Crippen molar-refractivity contribution in [3.05, 3.63) is 64.2 Å². The summed E-state index contributed by atoms with van der Waals surface area (Å²) in [5, 5.41) is 8.59. The molecule has 0 spiro atoms. The van der Waals surface area contributed by atoms with E-state index in [1.54, 1.807) is 30.3 Å². The van der Waals surface area contributed by atoms with Gasteiger partial charge in [0.25, 0.3) is 5.91 Å². The number of fused-ring (bicyclic) bond motifs is 1. The number of hydrogen-bond acceptors (Lipinski definition) is 4. The van der Waals surface area contributed by atoms with Crippen LogP contribution in [0.15, 0.2) is 42.5 Å². The summed E-state index contributed by atoms with van der Waals surface area (Å²) < 4.78 is 0. The summed E-state index contributed by atoms with van der Waals surface area (Å²) in [5.74, 6) is -1.04. The maximum atomic E-state index is 12.8. The first-order valence-corrected chi connectivity index (χ1v) is 10.6. The third-order valence-electron chi connectivity index (χ3n) is 5.75. The molecule has 5 amide bonds. The van der Waals surface area contributed by atoms with Gasteiger partial charge in [0.05, 0.1) is 5.54 Å². The molecule has 166 valence electrons. The Morgan fingerprint density at radius 1 is 1.16 bits per heavy atom. The number of benzene rings is 2. The molecule has 1 atom stereocenters. The number of piperidine rings is 1. The minimum atomic E-state index is -0.675. The molecule has 0 saturated carbocycles. The largest absolute Gasteiger partial charge is 0.329 e. The van der Waals surface area contributed by atoms with E-state index in [1.807, 2.05) is 26.0 Å². The van der Waals surface area contributed by atoms with Crippen LogP contribution in [-0.2, 0) is 21.7 Å². The van der Waals surface area contributed by atoms with Gasteiger partial charge >= 0.3 is 6.03 Å². The van der Waals surface area contributed by atoms with E-state index in [1.165, 1.54) is 4.90 Å². The molecule has 3 N–H and O–H groups in total. The Bertz CT molecular complexity index is 1130. The number of imide groups is 1. The van der Waals surface area contributed by atoms with Crippen molar-refractivity contribution < 1.29 is 19.2 Å². The fourth-order valence-electron chi connectivity index (χ4n) is 4.05. The van der Waals surface area contributed by atoms with Crippen LogP contribution in [-0.4, -0.2) is 34.7 Å². The van der Waals surface area contributed by atoms with Gasteiger partial charge in [-0.25, -0.2) is 4.79 Å².